The Morgan fingerprint density at radius 3 is 2.62 bits per heavy atom. The van der Waals surface area contributed by atoms with Crippen LogP contribution in [-0.2, 0) is 4.79 Å². The molecule has 0 aliphatic rings. The summed E-state index contributed by atoms with van der Waals surface area (Å²) in [5.74, 6) is -0.592. The van der Waals surface area contributed by atoms with Crippen LogP contribution in [0, 0.1) is 6.92 Å². The highest BCUT2D eigenvalue weighted by molar-refractivity contribution is 5.92. The maximum atomic E-state index is 11.4. The maximum absolute atomic E-state index is 11.4. The Hall–Kier alpha value is -1.92. The summed E-state index contributed by atoms with van der Waals surface area (Å²) < 4.78 is 4.63. The molecule has 0 aliphatic heterocycles. The molecule has 0 bridgehead atoms. The average Bonchev–Trinajstić information content (AvgIpc) is 2.60. The van der Waals surface area contributed by atoms with Gasteiger partial charge in [0.05, 0.1) is 6.54 Å². The Bertz CT molecular complexity index is 386. The first-order valence-corrected chi connectivity index (χ1v) is 4.87. The Morgan fingerprint density at radius 2 is 2.12 bits per heavy atom. The molecule has 2 amide bonds. The number of aromatic nitrogens is 2. The summed E-state index contributed by atoms with van der Waals surface area (Å²) in [5.41, 5.74) is 0. The molecule has 1 rings (SSSR count). The van der Waals surface area contributed by atoms with Gasteiger partial charge in [-0.25, -0.2) is 0 Å². The van der Waals surface area contributed by atoms with Crippen LogP contribution in [0.25, 0.3) is 0 Å². The predicted octanol–water partition coefficient (Wildman–Crippen LogP) is -0.368. The van der Waals surface area contributed by atoms with Gasteiger partial charge < -0.3 is 15.2 Å². The second-order valence-corrected chi connectivity index (χ2v) is 3.55. The van der Waals surface area contributed by atoms with Gasteiger partial charge in [-0.1, -0.05) is 5.16 Å². The molecule has 0 aliphatic carbocycles. The highest BCUT2D eigenvalue weighted by Crippen LogP contribution is 1.94. The Morgan fingerprint density at radius 1 is 1.44 bits per heavy atom. The van der Waals surface area contributed by atoms with E-state index < -0.39 is 5.91 Å². The predicted molar refractivity (Wildman–Crippen MR) is 54.6 cm³/mol. The number of hydrogen-bond donors (Lipinski definition) is 2. The number of carbonyl (C=O) groups is 2. The smallest absolute Gasteiger partial charge is 0.315 e. The van der Waals surface area contributed by atoms with Gasteiger partial charge in [-0.2, -0.15) is 4.98 Å². The fourth-order valence-corrected chi connectivity index (χ4v) is 0.998. The van der Waals surface area contributed by atoms with Gasteiger partial charge in [0.15, 0.2) is 5.82 Å². The quantitative estimate of drug-likeness (QED) is 0.730. The number of nitrogens with zero attached hydrogens (tertiary/aromatic N) is 2. The zero-order valence-electron chi connectivity index (χ0n) is 9.40. The maximum Gasteiger partial charge on any atom is 0.315 e. The number of nitrogens with one attached hydrogen (secondary N) is 2. The molecule has 7 heteroatoms. The van der Waals surface area contributed by atoms with Crippen molar-refractivity contribution in [2.75, 3.05) is 6.54 Å². The van der Waals surface area contributed by atoms with Crippen LogP contribution >= 0.6 is 0 Å². The first-order chi connectivity index (χ1) is 7.49. The van der Waals surface area contributed by atoms with E-state index in [0.717, 1.165) is 0 Å². The molecule has 16 heavy (non-hydrogen) atoms. The van der Waals surface area contributed by atoms with Crippen LogP contribution in [0.5, 0.6) is 0 Å². The van der Waals surface area contributed by atoms with Crippen molar-refractivity contribution in [3.8, 4) is 0 Å². The standard InChI is InChI=1S/C9H14N4O3/c1-5(2)11-7(14)4-10-8(15)9-12-6(3)13-16-9/h5H,4H2,1-3H3,(H,10,15)(H,11,14). The highest BCUT2D eigenvalue weighted by atomic mass is 16.5. The summed E-state index contributed by atoms with van der Waals surface area (Å²) in [7, 11) is 0. The van der Waals surface area contributed by atoms with Crippen molar-refractivity contribution in [1.29, 1.82) is 0 Å². The minimum Gasteiger partial charge on any atom is -0.352 e. The molecule has 0 aromatic carbocycles. The number of rotatable bonds is 4. The molecule has 0 spiro atoms. The first-order valence-electron chi connectivity index (χ1n) is 4.87. The largest absolute Gasteiger partial charge is 0.352 e. The lowest BCUT2D eigenvalue weighted by Crippen LogP contribution is -2.39. The number of carbonyl (C=O) groups excluding carboxylic acids is 2. The molecule has 0 atom stereocenters. The minimum atomic E-state index is -0.556. The fourth-order valence-electron chi connectivity index (χ4n) is 0.998. The molecule has 88 valence electrons. The summed E-state index contributed by atoms with van der Waals surface area (Å²) in [6.45, 7) is 5.16. The second-order valence-electron chi connectivity index (χ2n) is 3.55. The average molecular weight is 226 g/mol. The van der Waals surface area contributed by atoms with E-state index in [0.29, 0.717) is 5.82 Å². The molecule has 0 saturated carbocycles. The lowest BCUT2D eigenvalue weighted by atomic mass is 10.4. The summed E-state index contributed by atoms with van der Waals surface area (Å²) in [5, 5.41) is 8.47. The Labute approximate surface area is 92.6 Å². The monoisotopic (exact) mass is 226 g/mol. The van der Waals surface area contributed by atoms with Crippen molar-refractivity contribution in [2.45, 2.75) is 26.8 Å². The van der Waals surface area contributed by atoms with Crippen molar-refractivity contribution in [2.24, 2.45) is 0 Å². The van der Waals surface area contributed by atoms with E-state index in [1.54, 1.807) is 6.92 Å². The third-order valence-corrected chi connectivity index (χ3v) is 1.58. The van der Waals surface area contributed by atoms with E-state index in [9.17, 15) is 9.59 Å². The van der Waals surface area contributed by atoms with E-state index in [2.05, 4.69) is 25.3 Å². The van der Waals surface area contributed by atoms with Crippen LogP contribution < -0.4 is 10.6 Å². The van der Waals surface area contributed by atoms with Gasteiger partial charge in [0.1, 0.15) is 0 Å². The zero-order chi connectivity index (χ0) is 12.1. The molecule has 2 N–H and O–H groups in total. The van der Waals surface area contributed by atoms with Gasteiger partial charge in [0.25, 0.3) is 0 Å². The number of amides is 2. The van der Waals surface area contributed by atoms with Crippen LogP contribution in [0.3, 0.4) is 0 Å². The van der Waals surface area contributed by atoms with Crippen LogP contribution in [-0.4, -0.2) is 34.5 Å². The topological polar surface area (TPSA) is 97.1 Å². The van der Waals surface area contributed by atoms with Crippen molar-refractivity contribution < 1.29 is 14.1 Å². The molecular formula is C9H14N4O3. The van der Waals surface area contributed by atoms with Gasteiger partial charge >= 0.3 is 11.8 Å². The summed E-state index contributed by atoms with van der Waals surface area (Å²) >= 11 is 0. The lowest BCUT2D eigenvalue weighted by molar-refractivity contribution is -0.120. The highest BCUT2D eigenvalue weighted by Gasteiger charge is 2.14. The number of aryl methyl sites for hydroxylation is 1. The lowest BCUT2D eigenvalue weighted by Gasteiger charge is -2.07. The molecule has 1 aromatic rings. The van der Waals surface area contributed by atoms with E-state index in [-0.39, 0.29) is 24.4 Å². The second kappa shape index (κ2) is 5.24. The van der Waals surface area contributed by atoms with Crippen LogP contribution in [0.15, 0.2) is 4.52 Å². The van der Waals surface area contributed by atoms with Crippen LogP contribution in [0.4, 0.5) is 0 Å². The fraction of sp³-hybridized carbons (Fsp3) is 0.556. The van der Waals surface area contributed by atoms with Crippen molar-refractivity contribution >= 4 is 11.8 Å². The third kappa shape index (κ3) is 3.68. The van der Waals surface area contributed by atoms with Gasteiger partial charge in [-0.05, 0) is 20.8 Å². The molecule has 1 aromatic heterocycles. The van der Waals surface area contributed by atoms with Crippen molar-refractivity contribution in [3.63, 3.8) is 0 Å². The van der Waals surface area contributed by atoms with Gasteiger partial charge in [0.2, 0.25) is 5.91 Å². The zero-order valence-corrected chi connectivity index (χ0v) is 9.40. The van der Waals surface area contributed by atoms with Crippen molar-refractivity contribution in [1.82, 2.24) is 20.8 Å². The Balaban J connectivity index is 2.38. The SMILES string of the molecule is Cc1noc(C(=O)NCC(=O)NC(C)C)n1. The number of hydrogen-bond acceptors (Lipinski definition) is 5. The summed E-state index contributed by atoms with van der Waals surface area (Å²) in [6, 6.07) is 0.0371. The van der Waals surface area contributed by atoms with Gasteiger partial charge in [-0.3, -0.25) is 9.59 Å². The summed E-state index contributed by atoms with van der Waals surface area (Å²) in [6.07, 6.45) is 0. The van der Waals surface area contributed by atoms with E-state index in [1.807, 2.05) is 13.8 Å². The van der Waals surface area contributed by atoms with E-state index >= 15 is 0 Å². The minimum absolute atomic E-state index is 0.0371. The van der Waals surface area contributed by atoms with E-state index in [1.165, 1.54) is 0 Å². The molecule has 1 heterocycles. The molecule has 0 fully saturated rings. The van der Waals surface area contributed by atoms with Gasteiger partial charge in [0, 0.05) is 6.04 Å². The molecule has 0 radical (unpaired) electrons. The molecule has 0 unspecified atom stereocenters. The molecule has 7 nitrogen and oxygen atoms in total. The van der Waals surface area contributed by atoms with Crippen molar-refractivity contribution in [3.05, 3.63) is 11.7 Å². The molecular weight excluding hydrogens is 212 g/mol. The van der Waals surface area contributed by atoms with Gasteiger partial charge in [-0.15, -0.1) is 0 Å². The summed E-state index contributed by atoms with van der Waals surface area (Å²) in [4.78, 5) is 26.3. The normalized spacial score (nSPS) is 10.2. The molecule has 0 saturated heterocycles. The Kier molecular flexibility index (Phi) is 3.98. The van der Waals surface area contributed by atoms with E-state index in [4.69, 9.17) is 0 Å². The first kappa shape index (κ1) is 12.2. The third-order valence-electron chi connectivity index (χ3n) is 1.58. The van der Waals surface area contributed by atoms with Crippen LogP contribution in [0.1, 0.15) is 30.4 Å². The van der Waals surface area contributed by atoms with Crippen LogP contribution in [0.2, 0.25) is 0 Å².